The summed E-state index contributed by atoms with van der Waals surface area (Å²) in [4.78, 5) is 19.1. The first-order chi connectivity index (χ1) is 14.7. The Bertz CT molecular complexity index is 1070. The first-order valence-electron chi connectivity index (χ1n) is 10.4. The van der Waals surface area contributed by atoms with Gasteiger partial charge in [0.1, 0.15) is 18.2 Å². The van der Waals surface area contributed by atoms with Crippen molar-refractivity contribution < 1.29 is 9.53 Å². The molecule has 1 aliphatic rings. The van der Waals surface area contributed by atoms with Crippen LogP contribution in [0, 0.1) is 0 Å². The Morgan fingerprint density at radius 1 is 1.10 bits per heavy atom. The van der Waals surface area contributed by atoms with E-state index < -0.39 is 0 Å². The molecule has 30 heavy (non-hydrogen) atoms. The molecule has 2 aromatic carbocycles. The van der Waals surface area contributed by atoms with Crippen LogP contribution < -0.4 is 4.74 Å². The van der Waals surface area contributed by atoms with Crippen LogP contribution in [0.25, 0.3) is 11.0 Å². The number of likely N-dealkylation sites (tertiary alicyclic amines) is 1. The summed E-state index contributed by atoms with van der Waals surface area (Å²) in [5.41, 5.74) is 3.16. The van der Waals surface area contributed by atoms with Crippen molar-refractivity contribution in [2.75, 3.05) is 19.7 Å². The predicted octanol–water partition coefficient (Wildman–Crippen LogP) is 4.35. The number of carbonyl (C=O) groups excluding carboxylic acids is 1. The van der Waals surface area contributed by atoms with Gasteiger partial charge in [-0.05, 0) is 30.2 Å². The molecule has 1 saturated heterocycles. The molecule has 0 spiro atoms. The molecule has 3 aromatic rings. The molecule has 0 unspecified atom stereocenters. The number of rotatable bonds is 9. The second-order valence-corrected chi connectivity index (χ2v) is 7.55. The summed E-state index contributed by atoms with van der Waals surface area (Å²) in [6.45, 7) is 10.0. The van der Waals surface area contributed by atoms with Crippen LogP contribution in [0.15, 0.2) is 73.8 Å². The van der Waals surface area contributed by atoms with E-state index in [-0.39, 0.29) is 11.8 Å². The summed E-state index contributed by atoms with van der Waals surface area (Å²) in [5.74, 6) is 2.08. The number of fused-ring (bicyclic) bond motifs is 1. The lowest BCUT2D eigenvalue weighted by atomic mass is 10.1. The molecule has 5 nitrogen and oxygen atoms in total. The van der Waals surface area contributed by atoms with E-state index in [1.807, 2.05) is 47.4 Å². The van der Waals surface area contributed by atoms with Crippen LogP contribution in [0.1, 0.15) is 23.7 Å². The van der Waals surface area contributed by atoms with Crippen molar-refractivity contribution in [1.29, 1.82) is 0 Å². The number of carbonyl (C=O) groups is 1. The number of amides is 1. The second-order valence-electron chi connectivity index (χ2n) is 7.55. The van der Waals surface area contributed by atoms with Gasteiger partial charge in [0.2, 0.25) is 5.91 Å². The number of aromatic nitrogens is 2. The first kappa shape index (κ1) is 20.0. The van der Waals surface area contributed by atoms with Crippen LogP contribution in [-0.2, 0) is 17.8 Å². The Morgan fingerprint density at radius 3 is 2.73 bits per heavy atom. The zero-order chi connectivity index (χ0) is 20.9. The van der Waals surface area contributed by atoms with Gasteiger partial charge in [0.15, 0.2) is 0 Å². The third kappa shape index (κ3) is 4.01. The van der Waals surface area contributed by atoms with E-state index in [9.17, 15) is 4.79 Å². The third-order valence-corrected chi connectivity index (χ3v) is 5.52. The molecular weight excluding hydrogens is 374 g/mol. The van der Waals surface area contributed by atoms with E-state index in [4.69, 9.17) is 9.72 Å². The van der Waals surface area contributed by atoms with Gasteiger partial charge in [0.05, 0.1) is 17.6 Å². The molecule has 0 radical (unpaired) electrons. The van der Waals surface area contributed by atoms with Crippen molar-refractivity contribution >= 4 is 16.9 Å². The molecule has 0 aliphatic carbocycles. The number of imidazole rings is 1. The molecule has 1 fully saturated rings. The standard InChI is InChI=1S/C25H27N3O2/c1-3-9-19-10-5-8-13-23(19)30-16-15-28-22-12-7-6-11-21(22)26-25(28)20-17-24(29)27(18-20)14-4-2/h3-8,10-13,20H,1-2,9,14-18H2/t20-/m1/s1. The fourth-order valence-electron chi connectivity index (χ4n) is 4.13. The molecule has 1 amide bonds. The molecule has 0 bridgehead atoms. The summed E-state index contributed by atoms with van der Waals surface area (Å²) in [5, 5.41) is 0. The van der Waals surface area contributed by atoms with Gasteiger partial charge >= 0.3 is 0 Å². The van der Waals surface area contributed by atoms with Gasteiger partial charge < -0.3 is 14.2 Å². The van der Waals surface area contributed by atoms with Crippen LogP contribution in [-0.4, -0.2) is 40.1 Å². The molecule has 2 heterocycles. The first-order valence-corrected chi connectivity index (χ1v) is 10.4. The van der Waals surface area contributed by atoms with Crippen molar-refractivity contribution in [3.05, 3.63) is 85.2 Å². The van der Waals surface area contributed by atoms with Gasteiger partial charge in [0.25, 0.3) is 0 Å². The number of benzene rings is 2. The van der Waals surface area contributed by atoms with E-state index in [2.05, 4.69) is 29.9 Å². The molecular formula is C25H27N3O2. The van der Waals surface area contributed by atoms with Gasteiger partial charge in [-0.1, -0.05) is 42.5 Å². The van der Waals surface area contributed by atoms with Crippen LogP contribution >= 0.6 is 0 Å². The fourth-order valence-corrected chi connectivity index (χ4v) is 4.13. The molecule has 1 atom stereocenters. The van der Waals surface area contributed by atoms with Gasteiger partial charge in [0, 0.05) is 25.4 Å². The van der Waals surface area contributed by atoms with Crippen molar-refractivity contribution in [2.24, 2.45) is 0 Å². The predicted molar refractivity (Wildman–Crippen MR) is 120 cm³/mol. The minimum absolute atomic E-state index is 0.0814. The number of allylic oxidation sites excluding steroid dienone is 1. The third-order valence-electron chi connectivity index (χ3n) is 5.52. The molecule has 154 valence electrons. The molecule has 4 rings (SSSR count). The zero-order valence-corrected chi connectivity index (χ0v) is 17.2. The van der Waals surface area contributed by atoms with E-state index in [1.165, 1.54) is 0 Å². The van der Waals surface area contributed by atoms with Gasteiger partial charge in [-0.3, -0.25) is 4.79 Å². The SMILES string of the molecule is C=CCc1ccccc1OCCn1c([C@@H]2CC(=O)N(CC=C)C2)nc2ccccc21. The highest BCUT2D eigenvalue weighted by atomic mass is 16.5. The van der Waals surface area contributed by atoms with Crippen molar-refractivity contribution in [2.45, 2.75) is 25.3 Å². The summed E-state index contributed by atoms with van der Waals surface area (Å²) in [7, 11) is 0. The van der Waals surface area contributed by atoms with Gasteiger partial charge in [-0.25, -0.2) is 4.98 Å². The largest absolute Gasteiger partial charge is 0.491 e. The normalized spacial score (nSPS) is 16.2. The van der Waals surface area contributed by atoms with Crippen LogP contribution in [0.2, 0.25) is 0 Å². The number of hydrogen-bond acceptors (Lipinski definition) is 3. The lowest BCUT2D eigenvalue weighted by Crippen LogP contribution is -2.25. The minimum Gasteiger partial charge on any atom is -0.491 e. The van der Waals surface area contributed by atoms with Gasteiger partial charge in [-0.2, -0.15) is 0 Å². The highest BCUT2D eigenvalue weighted by molar-refractivity contribution is 5.81. The Balaban J connectivity index is 1.56. The number of hydrogen-bond donors (Lipinski definition) is 0. The summed E-state index contributed by atoms with van der Waals surface area (Å²) >= 11 is 0. The fraction of sp³-hybridized carbons (Fsp3) is 0.280. The quantitative estimate of drug-likeness (QED) is 0.501. The highest BCUT2D eigenvalue weighted by Crippen LogP contribution is 2.30. The van der Waals surface area contributed by atoms with Crippen LogP contribution in [0.5, 0.6) is 5.75 Å². The summed E-state index contributed by atoms with van der Waals surface area (Å²) in [6.07, 6.45) is 4.92. The Morgan fingerprint density at radius 2 is 1.90 bits per heavy atom. The van der Waals surface area contributed by atoms with Crippen LogP contribution in [0.4, 0.5) is 0 Å². The summed E-state index contributed by atoms with van der Waals surface area (Å²) in [6, 6.07) is 16.2. The maximum atomic E-state index is 12.4. The maximum Gasteiger partial charge on any atom is 0.223 e. The average Bonchev–Trinajstić information content (AvgIpc) is 3.30. The average molecular weight is 402 g/mol. The van der Waals surface area contributed by atoms with Gasteiger partial charge in [-0.15, -0.1) is 13.2 Å². The maximum absolute atomic E-state index is 12.4. The summed E-state index contributed by atoms with van der Waals surface area (Å²) < 4.78 is 8.33. The minimum atomic E-state index is 0.0814. The molecule has 0 saturated carbocycles. The Labute approximate surface area is 177 Å². The smallest absolute Gasteiger partial charge is 0.223 e. The molecule has 0 N–H and O–H groups in total. The lowest BCUT2D eigenvalue weighted by molar-refractivity contribution is -0.127. The van der Waals surface area contributed by atoms with E-state index in [0.717, 1.165) is 34.6 Å². The second kappa shape index (κ2) is 8.99. The highest BCUT2D eigenvalue weighted by Gasteiger charge is 2.33. The van der Waals surface area contributed by atoms with Crippen molar-refractivity contribution in [1.82, 2.24) is 14.5 Å². The van der Waals surface area contributed by atoms with Crippen molar-refractivity contribution in [3.63, 3.8) is 0 Å². The van der Waals surface area contributed by atoms with E-state index in [1.54, 1.807) is 6.08 Å². The Hall–Kier alpha value is -3.34. The lowest BCUT2D eigenvalue weighted by Gasteiger charge is -2.16. The van der Waals surface area contributed by atoms with Crippen LogP contribution in [0.3, 0.4) is 0 Å². The van der Waals surface area contributed by atoms with E-state index in [0.29, 0.717) is 32.7 Å². The zero-order valence-electron chi connectivity index (χ0n) is 17.2. The van der Waals surface area contributed by atoms with Crippen molar-refractivity contribution in [3.8, 4) is 5.75 Å². The topological polar surface area (TPSA) is 47.4 Å². The van der Waals surface area contributed by atoms with E-state index >= 15 is 0 Å². The monoisotopic (exact) mass is 401 g/mol. The Kier molecular flexibility index (Phi) is 5.98. The molecule has 5 heteroatoms. The number of para-hydroxylation sites is 3. The molecule has 1 aliphatic heterocycles. The number of nitrogens with zero attached hydrogens (tertiary/aromatic N) is 3. The number of ether oxygens (including phenoxy) is 1. The molecule has 1 aromatic heterocycles.